The predicted molar refractivity (Wildman–Crippen MR) is 112 cm³/mol. The van der Waals surface area contributed by atoms with Crippen LogP contribution in [0.5, 0.6) is 5.75 Å². The molecule has 1 fully saturated rings. The fraction of sp³-hybridized carbons (Fsp3) is 0.458. The summed E-state index contributed by atoms with van der Waals surface area (Å²) in [7, 11) is 1.66. The third-order valence-electron chi connectivity index (χ3n) is 5.64. The number of hydrogen-bond donors (Lipinski definition) is 1. The van der Waals surface area contributed by atoms with E-state index >= 15 is 0 Å². The molecule has 28 heavy (non-hydrogen) atoms. The van der Waals surface area contributed by atoms with Gasteiger partial charge in [0.1, 0.15) is 5.75 Å². The van der Waals surface area contributed by atoms with Crippen molar-refractivity contribution in [3.05, 3.63) is 65.7 Å². The summed E-state index contributed by atoms with van der Waals surface area (Å²) >= 11 is 0. The van der Waals surface area contributed by atoms with E-state index in [0.717, 1.165) is 23.3 Å². The quantitative estimate of drug-likeness (QED) is 0.760. The summed E-state index contributed by atoms with van der Waals surface area (Å²) in [6.45, 7) is 5.59. The molecule has 0 spiro atoms. The van der Waals surface area contributed by atoms with E-state index in [1.54, 1.807) is 7.11 Å². The van der Waals surface area contributed by atoms with E-state index in [1.807, 2.05) is 42.5 Å². The summed E-state index contributed by atoms with van der Waals surface area (Å²) in [5, 5.41) is 3.38. The Morgan fingerprint density at radius 1 is 1.07 bits per heavy atom. The monoisotopic (exact) mass is 381 g/mol. The van der Waals surface area contributed by atoms with Gasteiger partial charge in [-0.25, -0.2) is 0 Å². The van der Waals surface area contributed by atoms with Crippen molar-refractivity contribution >= 4 is 5.91 Å². The van der Waals surface area contributed by atoms with Crippen molar-refractivity contribution in [2.75, 3.05) is 20.3 Å². The fourth-order valence-electron chi connectivity index (χ4n) is 4.01. The molecular weight excluding hydrogens is 350 g/mol. The maximum atomic E-state index is 13.6. The van der Waals surface area contributed by atoms with Crippen molar-refractivity contribution in [1.29, 1.82) is 0 Å². The smallest absolute Gasteiger partial charge is 0.231 e. The minimum Gasteiger partial charge on any atom is -0.497 e. The highest BCUT2D eigenvalue weighted by Crippen LogP contribution is 2.36. The molecule has 1 aliphatic rings. The van der Waals surface area contributed by atoms with E-state index in [2.05, 4.69) is 31.3 Å². The summed E-state index contributed by atoms with van der Waals surface area (Å²) in [6, 6.07) is 18.1. The van der Waals surface area contributed by atoms with Crippen LogP contribution in [0.15, 0.2) is 54.6 Å². The number of carbonyl (C=O) groups excluding carboxylic acids is 1. The second kappa shape index (κ2) is 9.24. The molecule has 150 valence electrons. The first kappa shape index (κ1) is 20.4. The molecule has 3 rings (SSSR count). The van der Waals surface area contributed by atoms with E-state index in [1.165, 1.54) is 0 Å². The van der Waals surface area contributed by atoms with E-state index in [4.69, 9.17) is 9.47 Å². The van der Waals surface area contributed by atoms with Crippen LogP contribution in [-0.2, 0) is 14.9 Å². The molecule has 1 N–H and O–H groups in total. The molecule has 2 aromatic rings. The fourth-order valence-corrected chi connectivity index (χ4v) is 4.01. The number of benzene rings is 2. The molecule has 0 unspecified atom stereocenters. The lowest BCUT2D eigenvalue weighted by Gasteiger charge is -2.37. The lowest BCUT2D eigenvalue weighted by atomic mass is 9.73. The zero-order chi connectivity index (χ0) is 20.0. The maximum Gasteiger partial charge on any atom is 0.231 e. The average Bonchev–Trinajstić information content (AvgIpc) is 2.74. The standard InChI is InChI=1S/C24H31NO3/c1-18(2)17-22(19-9-11-21(27-3)12-10-19)25-23(26)24(13-15-28-16-14-24)20-7-5-4-6-8-20/h4-12,18,22H,13-17H2,1-3H3,(H,25,26)/t22-/m1/s1. The van der Waals surface area contributed by atoms with Crippen molar-refractivity contribution in [3.8, 4) is 5.75 Å². The molecule has 0 aromatic heterocycles. The minimum atomic E-state index is -0.527. The van der Waals surface area contributed by atoms with Crippen LogP contribution in [0.3, 0.4) is 0 Å². The Balaban J connectivity index is 1.88. The highest BCUT2D eigenvalue weighted by atomic mass is 16.5. The molecule has 0 radical (unpaired) electrons. The molecule has 0 saturated carbocycles. The van der Waals surface area contributed by atoms with Crippen molar-refractivity contribution in [3.63, 3.8) is 0 Å². The van der Waals surface area contributed by atoms with Crippen molar-refractivity contribution in [2.24, 2.45) is 5.92 Å². The van der Waals surface area contributed by atoms with Crippen LogP contribution in [0.2, 0.25) is 0 Å². The first-order valence-electron chi connectivity index (χ1n) is 10.1. The van der Waals surface area contributed by atoms with Crippen LogP contribution in [0.4, 0.5) is 0 Å². The van der Waals surface area contributed by atoms with Gasteiger partial charge in [-0.05, 0) is 48.4 Å². The molecule has 1 amide bonds. The van der Waals surface area contributed by atoms with Crippen molar-refractivity contribution in [1.82, 2.24) is 5.32 Å². The van der Waals surface area contributed by atoms with Gasteiger partial charge in [0.2, 0.25) is 5.91 Å². The van der Waals surface area contributed by atoms with Crippen molar-refractivity contribution < 1.29 is 14.3 Å². The first-order chi connectivity index (χ1) is 13.5. The topological polar surface area (TPSA) is 47.6 Å². The lowest BCUT2D eigenvalue weighted by Crippen LogP contribution is -2.49. The molecule has 1 heterocycles. The van der Waals surface area contributed by atoms with Gasteiger partial charge in [0, 0.05) is 13.2 Å². The van der Waals surface area contributed by atoms with Crippen LogP contribution in [-0.4, -0.2) is 26.2 Å². The van der Waals surface area contributed by atoms with Gasteiger partial charge >= 0.3 is 0 Å². The highest BCUT2D eigenvalue weighted by Gasteiger charge is 2.42. The highest BCUT2D eigenvalue weighted by molar-refractivity contribution is 5.88. The summed E-state index contributed by atoms with van der Waals surface area (Å²) in [5.74, 6) is 1.39. The second-order valence-corrected chi connectivity index (χ2v) is 7.99. The van der Waals surface area contributed by atoms with Gasteiger partial charge < -0.3 is 14.8 Å². The SMILES string of the molecule is COc1ccc([C@@H](CC(C)C)NC(=O)C2(c3ccccc3)CCOCC2)cc1. The van der Waals surface area contributed by atoms with Gasteiger partial charge in [0.15, 0.2) is 0 Å². The van der Waals surface area contributed by atoms with Crippen LogP contribution in [0, 0.1) is 5.92 Å². The molecule has 2 aromatic carbocycles. The number of nitrogens with one attached hydrogen (secondary N) is 1. The van der Waals surface area contributed by atoms with Crippen LogP contribution < -0.4 is 10.1 Å². The summed E-state index contributed by atoms with van der Waals surface area (Å²) in [5.41, 5.74) is 1.66. The summed E-state index contributed by atoms with van der Waals surface area (Å²) < 4.78 is 10.9. The van der Waals surface area contributed by atoms with Crippen molar-refractivity contribution in [2.45, 2.75) is 44.6 Å². The Morgan fingerprint density at radius 3 is 2.29 bits per heavy atom. The normalized spacial score (nSPS) is 17.1. The first-order valence-corrected chi connectivity index (χ1v) is 10.1. The Bertz CT molecular complexity index is 749. The van der Waals surface area contributed by atoms with Gasteiger partial charge in [0.05, 0.1) is 18.6 Å². The molecule has 1 aliphatic heterocycles. The number of methoxy groups -OCH3 is 1. The molecule has 0 bridgehead atoms. The number of hydrogen-bond acceptors (Lipinski definition) is 3. The van der Waals surface area contributed by atoms with Gasteiger partial charge in [-0.15, -0.1) is 0 Å². The number of rotatable bonds is 7. The Labute approximate surface area is 168 Å². The maximum absolute atomic E-state index is 13.6. The van der Waals surface area contributed by atoms with Crippen LogP contribution in [0.1, 0.15) is 50.3 Å². The second-order valence-electron chi connectivity index (χ2n) is 7.99. The van der Waals surface area contributed by atoms with E-state index in [0.29, 0.717) is 32.0 Å². The zero-order valence-corrected chi connectivity index (χ0v) is 17.1. The van der Waals surface area contributed by atoms with E-state index in [9.17, 15) is 4.79 Å². The number of amides is 1. The Morgan fingerprint density at radius 2 is 1.71 bits per heavy atom. The van der Waals surface area contributed by atoms with Gasteiger partial charge in [-0.2, -0.15) is 0 Å². The van der Waals surface area contributed by atoms with Crippen LogP contribution in [0.25, 0.3) is 0 Å². The van der Waals surface area contributed by atoms with Gasteiger partial charge in [0.25, 0.3) is 0 Å². The average molecular weight is 382 g/mol. The molecule has 4 heteroatoms. The molecule has 0 aliphatic carbocycles. The van der Waals surface area contributed by atoms with E-state index < -0.39 is 5.41 Å². The van der Waals surface area contributed by atoms with Gasteiger partial charge in [-0.1, -0.05) is 56.3 Å². The van der Waals surface area contributed by atoms with Gasteiger partial charge in [-0.3, -0.25) is 4.79 Å². The van der Waals surface area contributed by atoms with E-state index in [-0.39, 0.29) is 11.9 Å². The molecule has 1 saturated heterocycles. The van der Waals surface area contributed by atoms with Crippen LogP contribution >= 0.6 is 0 Å². The lowest BCUT2D eigenvalue weighted by molar-refractivity contribution is -0.131. The largest absolute Gasteiger partial charge is 0.497 e. The predicted octanol–water partition coefficient (Wildman–Crippen LogP) is 4.65. The summed E-state index contributed by atoms with van der Waals surface area (Å²) in [4.78, 5) is 13.6. The zero-order valence-electron chi connectivity index (χ0n) is 17.1. The third kappa shape index (κ3) is 4.56. The summed E-state index contributed by atoms with van der Waals surface area (Å²) in [6.07, 6.45) is 2.30. The molecular formula is C24H31NO3. The molecule has 1 atom stereocenters. The molecule has 4 nitrogen and oxygen atoms in total. The Kier molecular flexibility index (Phi) is 6.74. The Hall–Kier alpha value is -2.33. The third-order valence-corrected chi connectivity index (χ3v) is 5.64. The minimum absolute atomic E-state index is 0.0261. The number of carbonyl (C=O) groups is 1. The number of ether oxygens (including phenoxy) is 2.